The zero-order valence-corrected chi connectivity index (χ0v) is 11.6. The first-order valence-corrected chi connectivity index (χ1v) is 7.29. The molecule has 0 amide bonds. The van der Waals surface area contributed by atoms with Gasteiger partial charge in [0.2, 0.25) is 0 Å². The molecule has 2 fully saturated rings. The van der Waals surface area contributed by atoms with Crippen LogP contribution in [0.2, 0.25) is 0 Å². The molecule has 0 N–H and O–H groups in total. The molecular formula is C16H19FO3. The molecule has 2 saturated heterocycles. The third-order valence-corrected chi connectivity index (χ3v) is 4.17. The number of hydrogen-bond acceptors (Lipinski definition) is 3. The lowest BCUT2D eigenvalue weighted by Crippen LogP contribution is -2.30. The monoisotopic (exact) mass is 278 g/mol. The second-order valence-corrected chi connectivity index (χ2v) is 5.56. The molecule has 1 aromatic rings. The third-order valence-electron chi connectivity index (χ3n) is 4.17. The van der Waals surface area contributed by atoms with Crippen LogP contribution < -0.4 is 4.74 Å². The molecule has 2 bridgehead atoms. The van der Waals surface area contributed by atoms with Gasteiger partial charge < -0.3 is 9.47 Å². The van der Waals surface area contributed by atoms with Crippen molar-refractivity contribution < 1.29 is 18.7 Å². The fourth-order valence-electron chi connectivity index (χ4n) is 3.27. The fourth-order valence-corrected chi connectivity index (χ4v) is 3.27. The molecule has 0 aliphatic carbocycles. The summed E-state index contributed by atoms with van der Waals surface area (Å²) >= 11 is 0. The van der Waals surface area contributed by atoms with Crippen molar-refractivity contribution in [3.05, 3.63) is 29.6 Å². The van der Waals surface area contributed by atoms with Crippen LogP contribution in [0.5, 0.6) is 5.75 Å². The topological polar surface area (TPSA) is 35.5 Å². The Kier molecular flexibility index (Phi) is 3.74. The van der Waals surface area contributed by atoms with Crippen molar-refractivity contribution in [1.29, 1.82) is 0 Å². The minimum atomic E-state index is -0.396. The Bertz CT molecular complexity index is 502. The number of carbonyl (C=O) groups excluding carboxylic acids is 1. The molecule has 0 aromatic heterocycles. The quantitative estimate of drug-likeness (QED) is 0.792. The number of Topliss-reactive ketones (excluding diaryl/α,β-unsaturated/α-hetero) is 1. The molecule has 2 heterocycles. The van der Waals surface area contributed by atoms with Gasteiger partial charge in [0.15, 0.2) is 5.78 Å². The summed E-state index contributed by atoms with van der Waals surface area (Å²) in [5.74, 6) is 0.0139. The Morgan fingerprint density at radius 2 is 2.05 bits per heavy atom. The molecular weight excluding hydrogens is 259 g/mol. The van der Waals surface area contributed by atoms with Crippen LogP contribution in [0.25, 0.3) is 0 Å². The van der Waals surface area contributed by atoms with Crippen LogP contribution in [-0.4, -0.2) is 24.6 Å². The summed E-state index contributed by atoms with van der Waals surface area (Å²) in [6, 6.07) is 4.17. The molecule has 4 heteroatoms. The Hall–Kier alpha value is -1.42. The first-order chi connectivity index (χ1) is 9.67. The second kappa shape index (κ2) is 5.52. The van der Waals surface area contributed by atoms with Gasteiger partial charge in [-0.1, -0.05) is 0 Å². The van der Waals surface area contributed by atoms with Gasteiger partial charge in [-0.3, -0.25) is 4.79 Å². The largest absolute Gasteiger partial charge is 0.493 e. The van der Waals surface area contributed by atoms with Gasteiger partial charge in [0.25, 0.3) is 0 Å². The van der Waals surface area contributed by atoms with Crippen molar-refractivity contribution >= 4 is 5.78 Å². The number of halogens is 1. The van der Waals surface area contributed by atoms with Gasteiger partial charge in [0.05, 0.1) is 24.4 Å². The molecule has 2 unspecified atom stereocenters. The molecule has 3 nitrogen and oxygen atoms in total. The number of carbonyl (C=O) groups is 1. The lowest BCUT2D eigenvalue weighted by molar-refractivity contribution is -0.0149. The van der Waals surface area contributed by atoms with Gasteiger partial charge in [-0.15, -0.1) is 0 Å². The molecule has 2 atom stereocenters. The van der Waals surface area contributed by atoms with Gasteiger partial charge in [-0.05, 0) is 50.8 Å². The SMILES string of the molecule is CCOc1ccc(F)cc1C(=O)C1CC2CCC(C1)O2. The van der Waals surface area contributed by atoms with Crippen LogP contribution >= 0.6 is 0 Å². The minimum absolute atomic E-state index is 0.00634. The predicted octanol–water partition coefficient (Wildman–Crippen LogP) is 3.36. The lowest BCUT2D eigenvalue weighted by Gasteiger charge is -2.27. The molecule has 2 aliphatic rings. The Labute approximate surface area is 118 Å². The number of ketones is 1. The van der Waals surface area contributed by atoms with Crippen molar-refractivity contribution in [2.24, 2.45) is 5.92 Å². The molecule has 0 saturated carbocycles. The van der Waals surface area contributed by atoms with Crippen molar-refractivity contribution in [1.82, 2.24) is 0 Å². The maximum Gasteiger partial charge on any atom is 0.169 e. The highest BCUT2D eigenvalue weighted by Crippen LogP contribution is 2.38. The van der Waals surface area contributed by atoms with Gasteiger partial charge >= 0.3 is 0 Å². The third kappa shape index (κ3) is 2.57. The number of ether oxygens (including phenoxy) is 2. The van der Waals surface area contributed by atoms with E-state index in [4.69, 9.17) is 9.47 Å². The minimum Gasteiger partial charge on any atom is -0.493 e. The van der Waals surface area contributed by atoms with Gasteiger partial charge in [0.1, 0.15) is 11.6 Å². The van der Waals surface area contributed by atoms with E-state index in [0.29, 0.717) is 17.9 Å². The zero-order chi connectivity index (χ0) is 14.1. The van der Waals surface area contributed by atoms with Gasteiger partial charge in [-0.25, -0.2) is 4.39 Å². The van der Waals surface area contributed by atoms with E-state index in [1.165, 1.54) is 12.1 Å². The first kappa shape index (κ1) is 13.6. The summed E-state index contributed by atoms with van der Waals surface area (Å²) in [4.78, 5) is 12.7. The molecule has 0 radical (unpaired) electrons. The van der Waals surface area contributed by atoms with E-state index in [2.05, 4.69) is 0 Å². The summed E-state index contributed by atoms with van der Waals surface area (Å²) in [7, 11) is 0. The van der Waals surface area contributed by atoms with E-state index in [-0.39, 0.29) is 23.9 Å². The highest BCUT2D eigenvalue weighted by atomic mass is 19.1. The van der Waals surface area contributed by atoms with E-state index < -0.39 is 5.82 Å². The average Bonchev–Trinajstić information content (AvgIpc) is 2.79. The molecule has 1 aromatic carbocycles. The van der Waals surface area contributed by atoms with Crippen molar-refractivity contribution in [2.45, 2.75) is 44.8 Å². The Morgan fingerprint density at radius 3 is 2.70 bits per heavy atom. The first-order valence-electron chi connectivity index (χ1n) is 7.29. The molecule has 0 spiro atoms. The number of fused-ring (bicyclic) bond motifs is 2. The van der Waals surface area contributed by atoms with Crippen LogP contribution in [0.3, 0.4) is 0 Å². The van der Waals surface area contributed by atoms with Gasteiger partial charge in [-0.2, -0.15) is 0 Å². The highest BCUT2D eigenvalue weighted by Gasteiger charge is 2.38. The maximum atomic E-state index is 13.4. The molecule has 3 rings (SSSR count). The van der Waals surface area contributed by atoms with E-state index in [1.807, 2.05) is 6.92 Å². The Morgan fingerprint density at radius 1 is 1.35 bits per heavy atom. The highest BCUT2D eigenvalue weighted by molar-refractivity contribution is 6.00. The second-order valence-electron chi connectivity index (χ2n) is 5.56. The smallest absolute Gasteiger partial charge is 0.169 e. The van der Waals surface area contributed by atoms with Crippen molar-refractivity contribution in [3.8, 4) is 5.75 Å². The number of rotatable bonds is 4. The summed E-state index contributed by atoms with van der Waals surface area (Å²) < 4.78 is 24.7. The number of benzene rings is 1. The zero-order valence-electron chi connectivity index (χ0n) is 11.6. The predicted molar refractivity (Wildman–Crippen MR) is 72.5 cm³/mol. The van der Waals surface area contributed by atoms with E-state index in [9.17, 15) is 9.18 Å². The average molecular weight is 278 g/mol. The Balaban J connectivity index is 1.84. The van der Waals surface area contributed by atoms with E-state index >= 15 is 0 Å². The van der Waals surface area contributed by atoms with Crippen molar-refractivity contribution in [3.63, 3.8) is 0 Å². The normalized spacial score (nSPS) is 28.4. The van der Waals surface area contributed by atoms with Crippen LogP contribution in [0, 0.1) is 11.7 Å². The molecule has 108 valence electrons. The summed E-state index contributed by atoms with van der Waals surface area (Å²) in [5, 5.41) is 0. The summed E-state index contributed by atoms with van der Waals surface area (Å²) in [5.41, 5.74) is 0.373. The van der Waals surface area contributed by atoms with Crippen LogP contribution in [0.15, 0.2) is 18.2 Å². The van der Waals surface area contributed by atoms with E-state index in [1.54, 1.807) is 6.07 Å². The molecule has 20 heavy (non-hydrogen) atoms. The standard InChI is InChI=1S/C16H19FO3/c1-2-19-15-6-3-11(17)9-14(15)16(18)10-7-12-4-5-13(8-10)20-12/h3,6,9-10,12-13H,2,4-5,7-8H2,1H3. The van der Waals surface area contributed by atoms with Crippen LogP contribution in [0.4, 0.5) is 4.39 Å². The maximum absolute atomic E-state index is 13.4. The van der Waals surface area contributed by atoms with Crippen molar-refractivity contribution in [2.75, 3.05) is 6.61 Å². The van der Waals surface area contributed by atoms with Crippen LogP contribution in [-0.2, 0) is 4.74 Å². The van der Waals surface area contributed by atoms with Gasteiger partial charge in [0, 0.05) is 5.92 Å². The summed E-state index contributed by atoms with van der Waals surface area (Å²) in [6.07, 6.45) is 3.97. The summed E-state index contributed by atoms with van der Waals surface area (Å²) in [6.45, 7) is 2.32. The lowest BCUT2D eigenvalue weighted by atomic mass is 9.87. The van der Waals surface area contributed by atoms with E-state index in [0.717, 1.165) is 25.7 Å². The molecule has 2 aliphatic heterocycles. The van der Waals surface area contributed by atoms with Crippen LogP contribution in [0.1, 0.15) is 43.0 Å². The number of hydrogen-bond donors (Lipinski definition) is 0. The fraction of sp³-hybridized carbons (Fsp3) is 0.562.